The maximum atomic E-state index is 12.8. The molecule has 0 aromatic heterocycles. The average molecular weight is 464 g/mol. The topological polar surface area (TPSA) is 60.4 Å². The largest absolute Gasteiger partial charge is 0.381 e. The Kier molecular flexibility index (Phi) is 5.86. The van der Waals surface area contributed by atoms with Gasteiger partial charge in [0.25, 0.3) is 0 Å². The summed E-state index contributed by atoms with van der Waals surface area (Å²) in [7, 11) is 0. The summed E-state index contributed by atoms with van der Waals surface area (Å²) in [6, 6.07) is 6.10. The monoisotopic (exact) mass is 463 g/mol. The van der Waals surface area contributed by atoms with Crippen LogP contribution in [0.2, 0.25) is 10.0 Å². The first-order chi connectivity index (χ1) is 15.0. The van der Waals surface area contributed by atoms with Crippen LogP contribution in [0.1, 0.15) is 25.3 Å². The molecule has 1 aromatic rings. The fourth-order valence-corrected chi connectivity index (χ4v) is 5.26. The van der Waals surface area contributed by atoms with Gasteiger partial charge in [-0.05, 0) is 36.5 Å². The molecule has 2 atom stereocenters. The molecule has 4 aliphatic rings. The van der Waals surface area contributed by atoms with Crippen LogP contribution in [0.4, 0.5) is 4.79 Å². The molecule has 0 saturated carbocycles. The molecule has 4 aliphatic heterocycles. The highest BCUT2D eigenvalue weighted by atomic mass is 35.5. The lowest BCUT2D eigenvalue weighted by Crippen LogP contribution is -2.50. The van der Waals surface area contributed by atoms with Gasteiger partial charge < -0.3 is 9.64 Å². The molecule has 2 fully saturated rings. The Labute approximate surface area is 192 Å². The zero-order valence-corrected chi connectivity index (χ0v) is 19.1. The van der Waals surface area contributed by atoms with Crippen LogP contribution in [0, 0.1) is 11.8 Å². The molecule has 2 unspecified atom stereocenters. The summed E-state index contributed by atoms with van der Waals surface area (Å²) in [6.07, 6.45) is 4.01. The smallest absolute Gasteiger partial charge is 0.329 e. The Morgan fingerprint density at radius 3 is 2.77 bits per heavy atom. The second-order valence-electron chi connectivity index (χ2n) is 8.87. The number of benzene rings is 1. The van der Waals surface area contributed by atoms with E-state index in [1.54, 1.807) is 4.90 Å². The van der Waals surface area contributed by atoms with Gasteiger partial charge in [-0.3, -0.25) is 15.1 Å². The Hall–Kier alpha value is -1.80. The highest BCUT2D eigenvalue weighted by Crippen LogP contribution is 2.31. The van der Waals surface area contributed by atoms with E-state index in [9.17, 15) is 4.79 Å². The quantitative estimate of drug-likeness (QED) is 0.738. The second kappa shape index (κ2) is 8.62. The number of amides is 2. The van der Waals surface area contributed by atoms with Gasteiger partial charge in [0, 0.05) is 51.0 Å². The van der Waals surface area contributed by atoms with E-state index < -0.39 is 0 Å². The van der Waals surface area contributed by atoms with Crippen molar-refractivity contribution in [1.82, 2.24) is 20.0 Å². The number of halogens is 2. The first-order valence-corrected chi connectivity index (χ1v) is 11.6. The molecule has 1 N–H and O–H groups in total. The van der Waals surface area contributed by atoms with Gasteiger partial charge in [-0.1, -0.05) is 36.2 Å². The number of likely N-dealkylation sites (tertiary alicyclic amines) is 1. The van der Waals surface area contributed by atoms with E-state index in [1.807, 2.05) is 24.4 Å². The molecule has 166 valence electrons. The van der Waals surface area contributed by atoms with Gasteiger partial charge in [-0.15, -0.1) is 0 Å². The number of carbonyl (C=O) groups excluding carboxylic acids is 1. The number of rotatable bonds is 4. The van der Waals surface area contributed by atoms with Gasteiger partial charge in [0.05, 0.1) is 10.0 Å². The molecule has 4 heterocycles. The summed E-state index contributed by atoms with van der Waals surface area (Å²) < 4.78 is 5.47. The van der Waals surface area contributed by atoms with E-state index in [1.165, 1.54) is 0 Å². The number of urea groups is 1. The molecule has 2 saturated heterocycles. The molecule has 0 aliphatic carbocycles. The summed E-state index contributed by atoms with van der Waals surface area (Å²) in [5.74, 6) is 2.11. The number of aliphatic imine (C=N–C) groups is 1. The van der Waals surface area contributed by atoms with Gasteiger partial charge >= 0.3 is 6.03 Å². The maximum Gasteiger partial charge on any atom is 0.329 e. The summed E-state index contributed by atoms with van der Waals surface area (Å²) in [4.78, 5) is 24.0. The minimum atomic E-state index is -0.0825. The standard InChI is InChI=1S/C22H27Cl2N5O2/c1-14-9-27(10-15-2-3-18(23)19(24)8-15)11-17(14)21-25-20-12-28(13-29(20)22(30)26-21)16-4-6-31-7-5-16/h2-3,8,12,14,16-17H,4-7,9-11,13H2,1H3,(H,25,26,30). The molecule has 0 radical (unpaired) electrons. The highest BCUT2D eigenvalue weighted by molar-refractivity contribution is 6.42. The van der Waals surface area contributed by atoms with E-state index in [0.29, 0.717) is 28.7 Å². The fraction of sp³-hybridized carbons (Fsp3) is 0.545. The number of carbonyl (C=O) groups is 1. The van der Waals surface area contributed by atoms with Crippen LogP contribution in [-0.4, -0.2) is 65.6 Å². The molecule has 7 nitrogen and oxygen atoms in total. The number of ether oxygens (including phenoxy) is 1. The summed E-state index contributed by atoms with van der Waals surface area (Å²) >= 11 is 12.2. The molecule has 0 spiro atoms. The first-order valence-electron chi connectivity index (χ1n) is 10.9. The number of nitrogens with zero attached hydrogens (tertiary/aromatic N) is 4. The first kappa shape index (κ1) is 21.1. The zero-order valence-electron chi connectivity index (χ0n) is 17.6. The molecule has 9 heteroatoms. The lowest BCUT2D eigenvalue weighted by Gasteiger charge is -2.32. The number of nitrogens with one attached hydrogen (secondary N) is 1. The third kappa shape index (κ3) is 4.29. The van der Waals surface area contributed by atoms with Crippen molar-refractivity contribution in [3.05, 3.63) is 45.8 Å². The SMILES string of the molecule is CC1CN(Cc2ccc(Cl)c(Cl)c2)CC1C1=NC2=CN(C3CCOCC3)CN2C(=O)N1. The average Bonchev–Trinajstić information content (AvgIpc) is 3.35. The van der Waals surface area contributed by atoms with Crippen molar-refractivity contribution in [3.8, 4) is 0 Å². The molecule has 2 amide bonds. The third-order valence-corrected chi connectivity index (χ3v) is 7.41. The molecule has 1 aromatic carbocycles. The van der Waals surface area contributed by atoms with Crippen molar-refractivity contribution in [2.75, 3.05) is 33.0 Å². The van der Waals surface area contributed by atoms with Gasteiger partial charge in [0.15, 0.2) is 5.82 Å². The molecular weight excluding hydrogens is 437 g/mol. The lowest BCUT2D eigenvalue weighted by molar-refractivity contribution is 0.0459. The van der Waals surface area contributed by atoms with E-state index in [4.69, 9.17) is 32.9 Å². The van der Waals surface area contributed by atoms with E-state index in [2.05, 4.69) is 22.0 Å². The van der Waals surface area contributed by atoms with Crippen LogP contribution in [0.15, 0.2) is 35.2 Å². The van der Waals surface area contributed by atoms with Crippen LogP contribution in [-0.2, 0) is 11.3 Å². The minimum Gasteiger partial charge on any atom is -0.381 e. The van der Waals surface area contributed by atoms with Gasteiger partial charge in [-0.2, -0.15) is 0 Å². The Morgan fingerprint density at radius 1 is 1.19 bits per heavy atom. The Bertz CT molecular complexity index is 930. The van der Waals surface area contributed by atoms with Crippen LogP contribution in [0.25, 0.3) is 0 Å². The Balaban J connectivity index is 1.29. The van der Waals surface area contributed by atoms with Crippen molar-refractivity contribution in [2.24, 2.45) is 16.8 Å². The predicted molar refractivity (Wildman–Crippen MR) is 121 cm³/mol. The maximum absolute atomic E-state index is 12.8. The molecule has 5 rings (SSSR count). The van der Waals surface area contributed by atoms with Gasteiger partial charge in [0.2, 0.25) is 0 Å². The zero-order chi connectivity index (χ0) is 21.5. The van der Waals surface area contributed by atoms with Gasteiger partial charge in [-0.25, -0.2) is 9.79 Å². The summed E-state index contributed by atoms with van der Waals surface area (Å²) in [5, 5.41) is 4.21. The number of hydrogen-bond donors (Lipinski definition) is 1. The molecular formula is C22H27Cl2N5O2. The fourth-order valence-electron chi connectivity index (χ4n) is 4.94. The Morgan fingerprint density at radius 2 is 2.00 bits per heavy atom. The molecule has 31 heavy (non-hydrogen) atoms. The van der Waals surface area contributed by atoms with E-state index in [0.717, 1.165) is 62.9 Å². The lowest BCUT2D eigenvalue weighted by atomic mass is 9.96. The minimum absolute atomic E-state index is 0.0825. The van der Waals surface area contributed by atoms with Crippen LogP contribution in [0.3, 0.4) is 0 Å². The molecule has 0 bridgehead atoms. The van der Waals surface area contributed by atoms with Crippen LogP contribution < -0.4 is 5.32 Å². The van der Waals surface area contributed by atoms with Crippen molar-refractivity contribution >= 4 is 35.1 Å². The van der Waals surface area contributed by atoms with E-state index in [-0.39, 0.29) is 11.9 Å². The number of fused-ring (bicyclic) bond motifs is 1. The third-order valence-electron chi connectivity index (χ3n) is 6.67. The number of amidine groups is 1. The van der Waals surface area contributed by atoms with Crippen LogP contribution >= 0.6 is 23.2 Å². The predicted octanol–water partition coefficient (Wildman–Crippen LogP) is 3.74. The van der Waals surface area contributed by atoms with Crippen molar-refractivity contribution in [2.45, 2.75) is 32.4 Å². The highest BCUT2D eigenvalue weighted by Gasteiger charge is 2.40. The van der Waals surface area contributed by atoms with Crippen LogP contribution in [0.5, 0.6) is 0 Å². The van der Waals surface area contributed by atoms with Gasteiger partial charge in [0.1, 0.15) is 12.5 Å². The number of hydrogen-bond acceptors (Lipinski definition) is 5. The van der Waals surface area contributed by atoms with E-state index >= 15 is 0 Å². The second-order valence-corrected chi connectivity index (χ2v) is 9.68. The summed E-state index contributed by atoms with van der Waals surface area (Å²) in [6.45, 7) is 6.92. The van der Waals surface area contributed by atoms with Crippen molar-refractivity contribution < 1.29 is 9.53 Å². The van der Waals surface area contributed by atoms with Crippen molar-refractivity contribution in [1.29, 1.82) is 0 Å². The normalized spacial score (nSPS) is 27.3. The van der Waals surface area contributed by atoms with Crippen molar-refractivity contribution in [3.63, 3.8) is 0 Å². The summed E-state index contributed by atoms with van der Waals surface area (Å²) in [5.41, 5.74) is 1.13.